The van der Waals surface area contributed by atoms with Crippen molar-refractivity contribution in [3.8, 4) is 0 Å². The first kappa shape index (κ1) is 14.4. The molecule has 0 bridgehead atoms. The van der Waals surface area contributed by atoms with Gasteiger partial charge in [-0.05, 0) is 34.6 Å². The highest BCUT2D eigenvalue weighted by atomic mass is 16.6. The molecule has 2 N–H and O–H groups in total. The van der Waals surface area contributed by atoms with E-state index in [4.69, 9.17) is 15.2 Å². The Labute approximate surface area is 92.1 Å². The number of carbonyl (C=O) groups excluding carboxylic acids is 1. The molecule has 0 aromatic heterocycles. The van der Waals surface area contributed by atoms with Crippen LogP contribution in [-0.4, -0.2) is 31.3 Å². The van der Waals surface area contributed by atoms with Gasteiger partial charge in [0.25, 0.3) is 0 Å². The van der Waals surface area contributed by atoms with Gasteiger partial charge in [0.05, 0.1) is 11.5 Å². The van der Waals surface area contributed by atoms with Gasteiger partial charge in [0.1, 0.15) is 12.7 Å². The minimum absolute atomic E-state index is 0.0897. The number of nitrogens with two attached hydrogens (primary N) is 1. The molecule has 4 nitrogen and oxygen atoms in total. The van der Waals surface area contributed by atoms with Crippen LogP contribution in [0.5, 0.6) is 0 Å². The molecular weight excluding hydrogens is 194 g/mol. The molecule has 0 unspecified atom stereocenters. The molecule has 0 aromatic rings. The van der Waals surface area contributed by atoms with Crippen molar-refractivity contribution in [3.63, 3.8) is 0 Å². The van der Waals surface area contributed by atoms with E-state index in [-0.39, 0.29) is 24.8 Å². The van der Waals surface area contributed by atoms with Gasteiger partial charge in [-0.2, -0.15) is 0 Å². The molecule has 0 saturated carbocycles. The number of hydrogen-bond donors (Lipinski definition) is 1. The highest BCUT2D eigenvalue weighted by molar-refractivity contribution is 5.75. The molecular formula is C11H23NO3. The lowest BCUT2D eigenvalue weighted by Crippen LogP contribution is -2.34. The van der Waals surface area contributed by atoms with Crippen LogP contribution in [0.4, 0.5) is 0 Å². The van der Waals surface area contributed by atoms with E-state index < -0.39 is 5.41 Å². The Morgan fingerprint density at radius 1 is 1.33 bits per heavy atom. The maximum Gasteiger partial charge on any atom is 0.311 e. The third-order valence-corrected chi connectivity index (χ3v) is 1.74. The zero-order valence-electron chi connectivity index (χ0n) is 10.4. The molecule has 0 fully saturated rings. The lowest BCUT2D eigenvalue weighted by atomic mass is 9.97. The van der Waals surface area contributed by atoms with E-state index in [1.165, 1.54) is 0 Å². The largest absolute Gasteiger partial charge is 0.462 e. The van der Waals surface area contributed by atoms with Crippen LogP contribution in [-0.2, 0) is 14.3 Å². The summed E-state index contributed by atoms with van der Waals surface area (Å²) in [6.45, 7) is 9.88. The molecule has 0 aliphatic rings. The van der Waals surface area contributed by atoms with Crippen molar-refractivity contribution in [2.45, 2.75) is 46.8 Å². The predicted octanol–water partition coefficient (Wildman–Crippen LogP) is 1.33. The Balaban J connectivity index is 3.96. The Hall–Kier alpha value is -0.610. The van der Waals surface area contributed by atoms with Crippen LogP contribution in [0, 0.1) is 5.41 Å². The molecule has 0 aliphatic heterocycles. The van der Waals surface area contributed by atoms with Crippen molar-refractivity contribution in [2.75, 3.05) is 13.2 Å². The molecule has 0 radical (unpaired) electrons. The molecule has 0 amide bonds. The highest BCUT2D eigenvalue weighted by Gasteiger charge is 2.24. The van der Waals surface area contributed by atoms with Gasteiger partial charge in [-0.3, -0.25) is 4.79 Å². The quantitative estimate of drug-likeness (QED) is 0.706. The maximum atomic E-state index is 11.5. The molecule has 15 heavy (non-hydrogen) atoms. The molecule has 0 spiro atoms. The van der Waals surface area contributed by atoms with Gasteiger partial charge in [0.15, 0.2) is 0 Å². The first-order valence-electron chi connectivity index (χ1n) is 5.30. The van der Waals surface area contributed by atoms with Crippen molar-refractivity contribution in [1.82, 2.24) is 0 Å². The summed E-state index contributed by atoms with van der Waals surface area (Å²) in [5.41, 5.74) is 5.02. The van der Waals surface area contributed by atoms with Crippen molar-refractivity contribution in [1.29, 1.82) is 0 Å². The molecule has 90 valence electrons. The lowest BCUT2D eigenvalue weighted by molar-refractivity contribution is -0.158. The second-order valence-electron chi connectivity index (χ2n) is 4.89. The minimum Gasteiger partial charge on any atom is -0.462 e. The smallest absolute Gasteiger partial charge is 0.311 e. The molecule has 0 heterocycles. The van der Waals surface area contributed by atoms with Gasteiger partial charge in [0.2, 0.25) is 0 Å². The number of hydrogen-bond acceptors (Lipinski definition) is 4. The monoisotopic (exact) mass is 217 g/mol. The van der Waals surface area contributed by atoms with E-state index in [0.717, 1.165) is 0 Å². The van der Waals surface area contributed by atoms with E-state index in [2.05, 4.69) is 0 Å². The SMILES string of the molecule is CC(C)O[C@@H](CN)COC(=O)C(C)(C)C. The third-order valence-electron chi connectivity index (χ3n) is 1.74. The summed E-state index contributed by atoms with van der Waals surface area (Å²) >= 11 is 0. The summed E-state index contributed by atoms with van der Waals surface area (Å²) in [5, 5.41) is 0. The van der Waals surface area contributed by atoms with E-state index in [0.29, 0.717) is 6.54 Å². The Bertz CT molecular complexity index is 196. The normalized spacial score (nSPS) is 14.1. The zero-order chi connectivity index (χ0) is 12.1. The van der Waals surface area contributed by atoms with E-state index in [1.54, 1.807) is 0 Å². The van der Waals surface area contributed by atoms with Crippen molar-refractivity contribution < 1.29 is 14.3 Å². The highest BCUT2D eigenvalue weighted by Crippen LogP contribution is 2.15. The first-order valence-corrected chi connectivity index (χ1v) is 5.30. The van der Waals surface area contributed by atoms with Gasteiger partial charge in [-0.25, -0.2) is 0 Å². The second kappa shape index (κ2) is 6.08. The third kappa shape index (κ3) is 6.47. The topological polar surface area (TPSA) is 61.6 Å². The molecule has 4 heteroatoms. The van der Waals surface area contributed by atoms with Crippen LogP contribution in [0.2, 0.25) is 0 Å². The fraction of sp³-hybridized carbons (Fsp3) is 0.909. The van der Waals surface area contributed by atoms with Crippen molar-refractivity contribution in [3.05, 3.63) is 0 Å². The fourth-order valence-electron chi connectivity index (χ4n) is 0.933. The minimum atomic E-state index is -0.475. The number of ether oxygens (including phenoxy) is 2. The second-order valence-corrected chi connectivity index (χ2v) is 4.89. The Morgan fingerprint density at radius 2 is 1.87 bits per heavy atom. The first-order chi connectivity index (χ1) is 6.77. The van der Waals surface area contributed by atoms with E-state index in [9.17, 15) is 4.79 Å². The summed E-state index contributed by atoms with van der Waals surface area (Å²) in [7, 11) is 0. The number of rotatable bonds is 5. The van der Waals surface area contributed by atoms with Crippen LogP contribution >= 0.6 is 0 Å². The van der Waals surface area contributed by atoms with Gasteiger partial charge in [-0.1, -0.05) is 0 Å². The fourth-order valence-corrected chi connectivity index (χ4v) is 0.933. The summed E-state index contributed by atoms with van der Waals surface area (Å²) in [4.78, 5) is 11.5. The van der Waals surface area contributed by atoms with Crippen LogP contribution in [0.25, 0.3) is 0 Å². The zero-order valence-corrected chi connectivity index (χ0v) is 10.4. The molecule has 0 aliphatic carbocycles. The standard InChI is InChI=1S/C11H23NO3/c1-8(2)15-9(6-12)7-14-10(13)11(3,4)5/h8-9H,6-7,12H2,1-5H3/t9-/m0/s1. The number of esters is 1. The van der Waals surface area contributed by atoms with Gasteiger partial charge < -0.3 is 15.2 Å². The van der Waals surface area contributed by atoms with E-state index in [1.807, 2.05) is 34.6 Å². The van der Waals surface area contributed by atoms with Crippen LogP contribution in [0.3, 0.4) is 0 Å². The predicted molar refractivity (Wildman–Crippen MR) is 59.5 cm³/mol. The summed E-state index contributed by atoms with van der Waals surface area (Å²) in [6.07, 6.45) is -0.122. The summed E-state index contributed by atoms with van der Waals surface area (Å²) in [5.74, 6) is -0.228. The van der Waals surface area contributed by atoms with Crippen LogP contribution in [0.15, 0.2) is 0 Å². The van der Waals surface area contributed by atoms with Gasteiger partial charge in [-0.15, -0.1) is 0 Å². The van der Waals surface area contributed by atoms with Crippen molar-refractivity contribution in [2.24, 2.45) is 11.1 Å². The van der Waals surface area contributed by atoms with Crippen LogP contribution in [0.1, 0.15) is 34.6 Å². The summed E-state index contributed by atoms with van der Waals surface area (Å²) < 4.78 is 10.6. The molecule has 0 aromatic carbocycles. The lowest BCUT2D eigenvalue weighted by Gasteiger charge is -2.21. The average Bonchev–Trinajstić information content (AvgIpc) is 2.09. The Kier molecular flexibility index (Phi) is 5.83. The van der Waals surface area contributed by atoms with Crippen molar-refractivity contribution >= 4 is 5.97 Å². The molecule has 0 rings (SSSR count). The van der Waals surface area contributed by atoms with Gasteiger partial charge in [0, 0.05) is 6.54 Å². The van der Waals surface area contributed by atoms with Gasteiger partial charge >= 0.3 is 5.97 Å². The van der Waals surface area contributed by atoms with Crippen LogP contribution < -0.4 is 5.73 Å². The maximum absolute atomic E-state index is 11.5. The van der Waals surface area contributed by atoms with E-state index >= 15 is 0 Å². The number of carbonyl (C=O) groups is 1. The summed E-state index contributed by atoms with van der Waals surface area (Å²) in [6, 6.07) is 0. The Morgan fingerprint density at radius 3 is 2.20 bits per heavy atom. The molecule has 1 atom stereocenters. The average molecular weight is 217 g/mol. The molecule has 0 saturated heterocycles.